The van der Waals surface area contributed by atoms with Gasteiger partial charge in [-0.15, -0.1) is 0 Å². The van der Waals surface area contributed by atoms with Gasteiger partial charge in [0.2, 0.25) is 5.91 Å². The largest absolute Gasteiger partial charge is 0.350 e. The van der Waals surface area contributed by atoms with Crippen molar-refractivity contribution in [3.63, 3.8) is 0 Å². The number of sulfonamides is 1. The summed E-state index contributed by atoms with van der Waals surface area (Å²) in [4.78, 5) is 25.9. The predicted octanol–water partition coefficient (Wildman–Crippen LogP) is 4.67. The molecule has 35 heavy (non-hydrogen) atoms. The van der Waals surface area contributed by atoms with Gasteiger partial charge in [-0.1, -0.05) is 55.0 Å². The van der Waals surface area contributed by atoms with E-state index in [9.17, 15) is 18.0 Å². The number of nitrogens with one attached hydrogen (secondary N) is 2. The minimum absolute atomic E-state index is 0.0255. The zero-order chi connectivity index (χ0) is 25.6. The van der Waals surface area contributed by atoms with Gasteiger partial charge in [-0.3, -0.25) is 13.9 Å². The summed E-state index contributed by atoms with van der Waals surface area (Å²) in [6, 6.07) is 20.1. The summed E-state index contributed by atoms with van der Waals surface area (Å²) in [5.41, 5.74) is 2.67. The standard InChI is InChI=1S/C27H31N3O4S/c1-5-21(4)28-27(32)23-11-7-8-12-24(23)29-26(31)18-30(25-13-9-6-10-20(25)3)35(33,34)22-16-14-19(2)15-17-22/h6-17,21H,5,18H2,1-4H3,(H,28,32)(H,29,31)/t21-/m1/s1. The number of hydrogen-bond donors (Lipinski definition) is 2. The summed E-state index contributed by atoms with van der Waals surface area (Å²) in [5, 5.41) is 5.62. The molecule has 184 valence electrons. The van der Waals surface area contributed by atoms with Crippen LogP contribution < -0.4 is 14.9 Å². The maximum absolute atomic E-state index is 13.6. The minimum Gasteiger partial charge on any atom is -0.350 e. The number of carbonyl (C=O) groups excluding carboxylic acids is 2. The number of anilines is 2. The molecule has 2 amide bonds. The molecule has 3 rings (SSSR count). The Kier molecular flexibility index (Phi) is 8.30. The van der Waals surface area contributed by atoms with Crippen LogP contribution >= 0.6 is 0 Å². The first-order valence-electron chi connectivity index (χ1n) is 11.5. The number of nitrogens with zero attached hydrogens (tertiary/aromatic N) is 1. The summed E-state index contributed by atoms with van der Waals surface area (Å²) in [7, 11) is -4.03. The van der Waals surface area contributed by atoms with Crippen molar-refractivity contribution in [1.29, 1.82) is 0 Å². The van der Waals surface area contributed by atoms with E-state index in [0.717, 1.165) is 16.3 Å². The highest BCUT2D eigenvalue weighted by atomic mass is 32.2. The molecule has 3 aromatic rings. The van der Waals surface area contributed by atoms with Gasteiger partial charge in [-0.2, -0.15) is 0 Å². The molecular weight excluding hydrogens is 462 g/mol. The lowest BCUT2D eigenvalue weighted by molar-refractivity contribution is -0.114. The Hall–Kier alpha value is -3.65. The SMILES string of the molecule is CC[C@@H](C)NC(=O)c1ccccc1NC(=O)CN(c1ccccc1C)S(=O)(=O)c1ccc(C)cc1. The number of rotatable bonds is 9. The van der Waals surface area contributed by atoms with Crippen LogP contribution in [-0.2, 0) is 14.8 Å². The van der Waals surface area contributed by atoms with E-state index in [0.29, 0.717) is 22.5 Å². The Bertz CT molecular complexity index is 1300. The monoisotopic (exact) mass is 493 g/mol. The van der Waals surface area contributed by atoms with Crippen LogP contribution in [0.15, 0.2) is 77.7 Å². The molecule has 0 radical (unpaired) electrons. The van der Waals surface area contributed by atoms with Crippen molar-refractivity contribution in [1.82, 2.24) is 5.32 Å². The van der Waals surface area contributed by atoms with E-state index in [-0.39, 0.29) is 16.8 Å². The Morgan fingerprint density at radius 3 is 2.20 bits per heavy atom. The second-order valence-electron chi connectivity index (χ2n) is 8.49. The van der Waals surface area contributed by atoms with Gasteiger partial charge in [-0.25, -0.2) is 8.42 Å². The first-order valence-corrected chi connectivity index (χ1v) is 12.9. The fraction of sp³-hybridized carbons (Fsp3) is 0.259. The van der Waals surface area contributed by atoms with Crippen molar-refractivity contribution in [3.8, 4) is 0 Å². The summed E-state index contributed by atoms with van der Waals surface area (Å²) in [6.07, 6.45) is 0.766. The second-order valence-corrected chi connectivity index (χ2v) is 10.4. The van der Waals surface area contributed by atoms with E-state index in [1.807, 2.05) is 26.8 Å². The van der Waals surface area contributed by atoms with E-state index >= 15 is 0 Å². The molecule has 0 heterocycles. The smallest absolute Gasteiger partial charge is 0.264 e. The van der Waals surface area contributed by atoms with Crippen molar-refractivity contribution in [2.45, 2.75) is 45.1 Å². The fourth-order valence-corrected chi connectivity index (χ4v) is 4.98. The number of para-hydroxylation sites is 2. The maximum atomic E-state index is 13.6. The van der Waals surface area contributed by atoms with Crippen LogP contribution in [0.5, 0.6) is 0 Å². The quantitative estimate of drug-likeness (QED) is 0.453. The molecule has 1 atom stereocenters. The van der Waals surface area contributed by atoms with Crippen LogP contribution in [0.1, 0.15) is 41.8 Å². The van der Waals surface area contributed by atoms with E-state index < -0.39 is 22.5 Å². The average molecular weight is 494 g/mol. The third kappa shape index (κ3) is 6.27. The molecule has 0 bridgehead atoms. The molecule has 0 aliphatic heterocycles. The van der Waals surface area contributed by atoms with E-state index in [2.05, 4.69) is 10.6 Å². The number of carbonyl (C=O) groups is 2. The average Bonchev–Trinajstić information content (AvgIpc) is 2.83. The summed E-state index contributed by atoms with van der Waals surface area (Å²) >= 11 is 0. The maximum Gasteiger partial charge on any atom is 0.264 e. The predicted molar refractivity (Wildman–Crippen MR) is 139 cm³/mol. The van der Waals surface area contributed by atoms with Crippen LogP contribution in [0.4, 0.5) is 11.4 Å². The minimum atomic E-state index is -4.03. The van der Waals surface area contributed by atoms with Crippen LogP contribution in [0.2, 0.25) is 0 Å². The summed E-state index contributed by atoms with van der Waals surface area (Å²) < 4.78 is 28.3. The molecule has 3 aromatic carbocycles. The Labute approximate surface area is 207 Å². The van der Waals surface area contributed by atoms with E-state index in [1.165, 1.54) is 12.1 Å². The molecule has 8 heteroatoms. The summed E-state index contributed by atoms with van der Waals surface area (Å²) in [6.45, 7) is 7.07. The van der Waals surface area contributed by atoms with Gasteiger partial charge in [-0.05, 0) is 63.1 Å². The molecule has 2 N–H and O–H groups in total. The highest BCUT2D eigenvalue weighted by Gasteiger charge is 2.28. The molecule has 0 fully saturated rings. The molecular formula is C27H31N3O4S. The fourth-order valence-electron chi connectivity index (χ4n) is 3.49. The zero-order valence-corrected chi connectivity index (χ0v) is 21.2. The second kappa shape index (κ2) is 11.2. The van der Waals surface area contributed by atoms with Gasteiger partial charge < -0.3 is 10.6 Å². The van der Waals surface area contributed by atoms with Gasteiger partial charge >= 0.3 is 0 Å². The van der Waals surface area contributed by atoms with E-state index in [4.69, 9.17) is 0 Å². The molecule has 0 aliphatic rings. The van der Waals surface area contributed by atoms with Crippen molar-refractivity contribution in [2.24, 2.45) is 0 Å². The lowest BCUT2D eigenvalue weighted by Crippen LogP contribution is -2.39. The third-order valence-corrected chi connectivity index (χ3v) is 7.49. The van der Waals surface area contributed by atoms with Gasteiger partial charge in [0.05, 0.1) is 21.8 Å². The lowest BCUT2D eigenvalue weighted by Gasteiger charge is -2.26. The summed E-state index contributed by atoms with van der Waals surface area (Å²) in [5.74, 6) is -0.869. The highest BCUT2D eigenvalue weighted by Crippen LogP contribution is 2.27. The molecule has 0 saturated carbocycles. The zero-order valence-electron chi connectivity index (χ0n) is 20.4. The van der Waals surface area contributed by atoms with Crippen molar-refractivity contribution >= 4 is 33.2 Å². The van der Waals surface area contributed by atoms with Crippen molar-refractivity contribution < 1.29 is 18.0 Å². The first-order chi connectivity index (χ1) is 16.6. The number of benzene rings is 3. The Morgan fingerprint density at radius 2 is 1.54 bits per heavy atom. The van der Waals surface area contributed by atoms with Crippen molar-refractivity contribution in [3.05, 3.63) is 89.5 Å². The topological polar surface area (TPSA) is 95.6 Å². The first kappa shape index (κ1) is 26.0. The third-order valence-electron chi connectivity index (χ3n) is 5.72. The van der Waals surface area contributed by atoms with Crippen LogP contribution in [0.3, 0.4) is 0 Å². The van der Waals surface area contributed by atoms with Crippen LogP contribution in [0, 0.1) is 13.8 Å². The highest BCUT2D eigenvalue weighted by molar-refractivity contribution is 7.92. The molecule has 0 spiro atoms. The number of aryl methyl sites for hydroxylation is 2. The number of amides is 2. The van der Waals surface area contributed by atoms with Gasteiger partial charge in [0.25, 0.3) is 15.9 Å². The lowest BCUT2D eigenvalue weighted by atomic mass is 10.1. The Balaban J connectivity index is 1.93. The molecule has 0 saturated heterocycles. The Morgan fingerprint density at radius 1 is 0.914 bits per heavy atom. The van der Waals surface area contributed by atoms with Crippen molar-refractivity contribution in [2.75, 3.05) is 16.2 Å². The van der Waals surface area contributed by atoms with Gasteiger partial charge in [0, 0.05) is 6.04 Å². The molecule has 0 unspecified atom stereocenters. The molecule has 0 aromatic heterocycles. The number of hydrogen-bond acceptors (Lipinski definition) is 4. The van der Waals surface area contributed by atoms with Gasteiger partial charge in [0.1, 0.15) is 6.54 Å². The molecule has 7 nitrogen and oxygen atoms in total. The van der Waals surface area contributed by atoms with Crippen LogP contribution in [0.25, 0.3) is 0 Å². The van der Waals surface area contributed by atoms with Gasteiger partial charge in [0.15, 0.2) is 0 Å². The normalized spacial score (nSPS) is 12.0. The van der Waals surface area contributed by atoms with Crippen LogP contribution in [-0.4, -0.2) is 32.8 Å². The molecule has 0 aliphatic carbocycles. The van der Waals surface area contributed by atoms with E-state index in [1.54, 1.807) is 61.5 Å².